The highest BCUT2D eigenvalue weighted by Crippen LogP contribution is 2.45. The van der Waals surface area contributed by atoms with E-state index in [1.807, 2.05) is 26.0 Å². The van der Waals surface area contributed by atoms with Crippen molar-refractivity contribution in [2.45, 2.75) is 30.7 Å². The number of anilines is 1. The Balaban J connectivity index is 1.52. The van der Waals surface area contributed by atoms with Crippen LogP contribution in [0.4, 0.5) is 5.69 Å². The molecule has 5 rings (SSSR count). The van der Waals surface area contributed by atoms with Crippen molar-refractivity contribution in [3.63, 3.8) is 0 Å². The Labute approximate surface area is 226 Å². The van der Waals surface area contributed by atoms with E-state index in [4.69, 9.17) is 27.9 Å². The summed E-state index contributed by atoms with van der Waals surface area (Å²) in [6.45, 7) is 3.76. The molecule has 0 bridgehead atoms. The van der Waals surface area contributed by atoms with Gasteiger partial charge in [-0.15, -0.1) is 0 Å². The molecule has 0 fully saturated rings. The average molecular weight is 575 g/mol. The summed E-state index contributed by atoms with van der Waals surface area (Å²) < 4.78 is 35.5. The minimum atomic E-state index is -4.19. The van der Waals surface area contributed by atoms with Crippen LogP contribution in [-0.4, -0.2) is 34.3 Å². The van der Waals surface area contributed by atoms with Gasteiger partial charge in [-0.1, -0.05) is 48.3 Å². The normalized spacial score (nSPS) is 16.9. The topological polar surface area (TPSA) is 135 Å². The molecule has 3 aromatic carbocycles. The van der Waals surface area contributed by atoms with Gasteiger partial charge in [0.25, 0.3) is 15.6 Å². The van der Waals surface area contributed by atoms with Crippen LogP contribution in [-0.2, 0) is 10.0 Å². The Kier molecular flexibility index (Phi) is 6.46. The molecule has 2 atom stereocenters. The van der Waals surface area contributed by atoms with Gasteiger partial charge >= 0.3 is 5.69 Å². The van der Waals surface area contributed by atoms with Crippen LogP contribution in [0.5, 0.6) is 17.2 Å². The molecule has 10 nitrogen and oxygen atoms in total. The van der Waals surface area contributed by atoms with E-state index in [1.165, 1.54) is 34.6 Å². The number of ether oxygens (including phenoxy) is 1. The maximum absolute atomic E-state index is 13.8. The van der Waals surface area contributed by atoms with Gasteiger partial charge in [-0.05, 0) is 42.8 Å². The van der Waals surface area contributed by atoms with Crippen LogP contribution in [0.2, 0.25) is 10.0 Å². The van der Waals surface area contributed by atoms with E-state index in [-0.39, 0.29) is 44.1 Å². The highest BCUT2D eigenvalue weighted by Gasteiger charge is 2.41. The van der Waals surface area contributed by atoms with Crippen LogP contribution in [0, 0.1) is 0 Å². The van der Waals surface area contributed by atoms with E-state index >= 15 is 0 Å². The van der Waals surface area contributed by atoms with Crippen molar-refractivity contribution in [3.8, 4) is 22.9 Å². The molecular weight excluding hydrogens is 555 g/mol. The first kappa shape index (κ1) is 25.8. The smallest absolute Gasteiger partial charge is 0.349 e. The fraction of sp³-hybridized carbons (Fsp3) is 0.160. The first-order valence-corrected chi connectivity index (χ1v) is 13.5. The lowest BCUT2D eigenvalue weighted by Crippen LogP contribution is -2.36. The number of fused-ring (bicyclic) bond motifs is 1. The second kappa shape index (κ2) is 9.50. The number of phenols is 1. The Morgan fingerprint density at radius 2 is 1.71 bits per heavy atom. The number of H-pyrrole nitrogens is 1. The van der Waals surface area contributed by atoms with Crippen molar-refractivity contribution < 1.29 is 18.3 Å². The van der Waals surface area contributed by atoms with Crippen molar-refractivity contribution in [1.82, 2.24) is 14.8 Å². The maximum Gasteiger partial charge on any atom is 0.349 e. The van der Waals surface area contributed by atoms with Gasteiger partial charge in [0.2, 0.25) is 0 Å². The molecule has 0 aliphatic carbocycles. The van der Waals surface area contributed by atoms with Gasteiger partial charge in [0, 0.05) is 18.0 Å². The van der Waals surface area contributed by atoms with Crippen LogP contribution in [0.15, 0.2) is 75.3 Å². The van der Waals surface area contributed by atoms with E-state index < -0.39 is 27.0 Å². The predicted molar refractivity (Wildman–Crippen MR) is 143 cm³/mol. The molecule has 0 amide bonds. The Bertz CT molecular complexity index is 1780. The summed E-state index contributed by atoms with van der Waals surface area (Å²) in [4.78, 5) is 25.1. The monoisotopic (exact) mass is 574 g/mol. The number of para-hydroxylation sites is 1. The minimum absolute atomic E-state index is 0.0131. The predicted octanol–water partition coefficient (Wildman–Crippen LogP) is 4.43. The first-order chi connectivity index (χ1) is 18.0. The lowest BCUT2D eigenvalue weighted by atomic mass is 9.99. The first-order valence-electron chi connectivity index (χ1n) is 11.3. The molecule has 0 saturated carbocycles. The van der Waals surface area contributed by atoms with E-state index in [1.54, 1.807) is 12.1 Å². The third-order valence-electron chi connectivity index (χ3n) is 6.39. The molecule has 1 aliphatic heterocycles. The zero-order chi connectivity index (χ0) is 27.4. The van der Waals surface area contributed by atoms with Crippen molar-refractivity contribution >= 4 is 38.9 Å². The quantitative estimate of drug-likeness (QED) is 0.360. The van der Waals surface area contributed by atoms with E-state index in [0.29, 0.717) is 5.69 Å². The van der Waals surface area contributed by atoms with Crippen LogP contribution in [0.1, 0.15) is 25.3 Å². The number of hydrogen-bond acceptors (Lipinski definition) is 7. The minimum Gasteiger partial charge on any atom is -0.507 e. The maximum atomic E-state index is 13.8. The Morgan fingerprint density at radius 1 is 1.03 bits per heavy atom. The summed E-state index contributed by atoms with van der Waals surface area (Å²) in [6, 6.07) is 13.3. The highest BCUT2D eigenvalue weighted by atomic mass is 35.5. The number of aromatic nitrogens is 3. The number of nitrogens with one attached hydrogen (secondary N) is 1. The SMILES string of the molecule is CC1c2ccccc2N(S(=O)(=O)c2cc(Oc3c(Cl)cc(-n4ncc(=O)[nH]c4=O)cc3Cl)ccc2O)C1C. The molecule has 2 N–H and O–H groups in total. The zero-order valence-electron chi connectivity index (χ0n) is 19.9. The standard InChI is InChI=1S/C25H20Cl2N4O6S/c1-13-14(2)31(20-6-4-3-5-17(13)20)38(35,36)22-11-16(7-8-21(22)32)37-24-18(26)9-15(10-19(24)27)30-25(34)29-23(33)12-28-30/h3-14,32H,1-2H3,(H,29,33,34). The van der Waals surface area contributed by atoms with Crippen molar-refractivity contribution in [1.29, 1.82) is 0 Å². The Morgan fingerprint density at radius 3 is 2.39 bits per heavy atom. The second-order valence-electron chi connectivity index (χ2n) is 8.71. The summed E-state index contributed by atoms with van der Waals surface area (Å²) in [5.74, 6) is -0.469. The average Bonchev–Trinajstić information content (AvgIpc) is 3.12. The van der Waals surface area contributed by atoms with Gasteiger partial charge in [-0.2, -0.15) is 9.78 Å². The molecule has 13 heteroatoms. The number of aromatic amines is 1. The fourth-order valence-corrected chi connectivity index (χ4v) is 6.80. The summed E-state index contributed by atoms with van der Waals surface area (Å²) in [5, 5.41) is 14.3. The van der Waals surface area contributed by atoms with Crippen LogP contribution in [0.25, 0.3) is 5.69 Å². The number of aromatic hydroxyl groups is 1. The molecule has 1 aliphatic rings. The summed E-state index contributed by atoms with van der Waals surface area (Å²) in [6.07, 6.45) is 0.923. The zero-order valence-corrected chi connectivity index (χ0v) is 22.3. The van der Waals surface area contributed by atoms with Gasteiger partial charge in [0.1, 0.15) is 22.6 Å². The molecule has 2 heterocycles. The van der Waals surface area contributed by atoms with Crippen molar-refractivity contribution in [2.75, 3.05) is 4.31 Å². The molecule has 0 radical (unpaired) electrons. The highest BCUT2D eigenvalue weighted by molar-refractivity contribution is 7.93. The number of sulfonamides is 1. The van der Waals surface area contributed by atoms with Gasteiger partial charge < -0.3 is 9.84 Å². The molecule has 1 aromatic heterocycles. The Hall–Kier alpha value is -3.80. The van der Waals surface area contributed by atoms with E-state index in [9.17, 15) is 23.1 Å². The number of halogens is 2. The van der Waals surface area contributed by atoms with Gasteiger partial charge in [-0.25, -0.2) is 13.2 Å². The number of hydrogen-bond donors (Lipinski definition) is 2. The summed E-state index contributed by atoms with van der Waals surface area (Å²) in [5.41, 5.74) is 0.149. The molecule has 196 valence electrons. The summed E-state index contributed by atoms with van der Waals surface area (Å²) >= 11 is 12.7. The van der Waals surface area contributed by atoms with Gasteiger partial charge in [0.15, 0.2) is 5.75 Å². The fourth-order valence-electron chi connectivity index (χ4n) is 4.40. The van der Waals surface area contributed by atoms with Crippen molar-refractivity contribution in [2.24, 2.45) is 0 Å². The number of phenolic OH excluding ortho intramolecular Hbond substituents is 1. The molecule has 2 unspecified atom stereocenters. The van der Waals surface area contributed by atoms with E-state index in [2.05, 4.69) is 10.1 Å². The van der Waals surface area contributed by atoms with Gasteiger partial charge in [0.05, 0.1) is 21.4 Å². The third-order valence-corrected chi connectivity index (χ3v) is 8.88. The van der Waals surface area contributed by atoms with Crippen LogP contribution < -0.4 is 20.3 Å². The van der Waals surface area contributed by atoms with E-state index in [0.717, 1.165) is 16.4 Å². The molecule has 4 aromatic rings. The lowest BCUT2D eigenvalue weighted by Gasteiger charge is -2.26. The van der Waals surface area contributed by atoms with Crippen LogP contribution in [0.3, 0.4) is 0 Å². The molecular formula is C25H20Cl2N4O6S. The summed E-state index contributed by atoms with van der Waals surface area (Å²) in [7, 11) is -4.19. The van der Waals surface area contributed by atoms with Crippen LogP contribution >= 0.6 is 23.2 Å². The number of rotatable bonds is 5. The second-order valence-corrected chi connectivity index (χ2v) is 11.3. The molecule has 0 saturated heterocycles. The number of nitrogens with zero attached hydrogens (tertiary/aromatic N) is 3. The van der Waals surface area contributed by atoms with Gasteiger partial charge in [-0.3, -0.25) is 14.1 Å². The van der Waals surface area contributed by atoms with Crippen molar-refractivity contribution in [3.05, 3.63) is 97.2 Å². The molecule has 0 spiro atoms. The lowest BCUT2D eigenvalue weighted by molar-refractivity contribution is 0.448. The largest absolute Gasteiger partial charge is 0.507 e. The molecule has 38 heavy (non-hydrogen) atoms. The number of benzene rings is 3. The third kappa shape index (κ3) is 4.32.